The fourth-order valence-corrected chi connectivity index (χ4v) is 2.35. The predicted octanol–water partition coefficient (Wildman–Crippen LogP) is 3.28. The summed E-state index contributed by atoms with van der Waals surface area (Å²) in [5.41, 5.74) is 6.45. The number of aryl methyl sites for hydroxylation is 1. The average Bonchev–Trinajstić information content (AvgIpc) is 3.27. The van der Waals surface area contributed by atoms with Gasteiger partial charge >= 0.3 is 11.9 Å². The SMILES string of the molecule is Cc1ccc(C(=O)Oc2ccccc2/C=C/C(=O)NNC(=O)c2ccco2)cc1. The molecule has 3 aromatic rings. The molecule has 1 heterocycles. The van der Waals surface area contributed by atoms with E-state index >= 15 is 0 Å². The van der Waals surface area contributed by atoms with Crippen molar-refractivity contribution in [2.24, 2.45) is 0 Å². The van der Waals surface area contributed by atoms with E-state index in [4.69, 9.17) is 9.15 Å². The normalized spacial score (nSPS) is 10.5. The third-order valence-corrected chi connectivity index (χ3v) is 3.87. The van der Waals surface area contributed by atoms with Gasteiger partial charge in [0.1, 0.15) is 5.75 Å². The molecule has 0 radical (unpaired) electrons. The summed E-state index contributed by atoms with van der Waals surface area (Å²) in [5, 5.41) is 0. The minimum absolute atomic E-state index is 0.0719. The zero-order chi connectivity index (χ0) is 20.6. The van der Waals surface area contributed by atoms with Crippen LogP contribution in [0.15, 0.2) is 77.4 Å². The first-order chi connectivity index (χ1) is 14.0. The molecule has 0 saturated carbocycles. The lowest BCUT2D eigenvalue weighted by atomic mass is 10.1. The maximum atomic E-state index is 12.3. The molecule has 7 heteroatoms. The fraction of sp³-hybridized carbons (Fsp3) is 0.0455. The Balaban J connectivity index is 1.62. The van der Waals surface area contributed by atoms with Crippen molar-refractivity contribution in [3.05, 3.63) is 95.5 Å². The van der Waals surface area contributed by atoms with E-state index in [0.29, 0.717) is 16.9 Å². The number of carbonyl (C=O) groups is 3. The van der Waals surface area contributed by atoms with Gasteiger partial charge in [0.05, 0.1) is 11.8 Å². The molecule has 2 amide bonds. The van der Waals surface area contributed by atoms with E-state index in [1.54, 1.807) is 42.5 Å². The maximum absolute atomic E-state index is 12.3. The molecular weight excluding hydrogens is 372 g/mol. The van der Waals surface area contributed by atoms with Crippen molar-refractivity contribution < 1.29 is 23.5 Å². The van der Waals surface area contributed by atoms with Gasteiger partial charge in [-0.1, -0.05) is 35.9 Å². The molecule has 2 aromatic carbocycles. The van der Waals surface area contributed by atoms with Gasteiger partial charge in [-0.3, -0.25) is 20.4 Å². The first-order valence-electron chi connectivity index (χ1n) is 8.73. The van der Waals surface area contributed by atoms with Gasteiger partial charge in [-0.15, -0.1) is 0 Å². The maximum Gasteiger partial charge on any atom is 0.343 e. The van der Waals surface area contributed by atoms with E-state index in [2.05, 4.69) is 10.9 Å². The summed E-state index contributed by atoms with van der Waals surface area (Å²) in [7, 11) is 0. The largest absolute Gasteiger partial charge is 0.459 e. The quantitative estimate of drug-likeness (QED) is 0.302. The molecular formula is C22H18N2O5. The van der Waals surface area contributed by atoms with Crippen LogP contribution < -0.4 is 15.6 Å². The highest BCUT2D eigenvalue weighted by molar-refractivity contribution is 5.97. The van der Waals surface area contributed by atoms with Crippen LogP contribution in [0.25, 0.3) is 6.08 Å². The van der Waals surface area contributed by atoms with Crippen molar-refractivity contribution in [1.29, 1.82) is 0 Å². The van der Waals surface area contributed by atoms with Crippen molar-refractivity contribution in [3.8, 4) is 5.75 Å². The van der Waals surface area contributed by atoms with Gasteiger partial charge in [-0.05, 0) is 43.3 Å². The molecule has 0 spiro atoms. The lowest BCUT2D eigenvalue weighted by molar-refractivity contribution is -0.117. The van der Waals surface area contributed by atoms with Crippen LogP contribution in [-0.2, 0) is 4.79 Å². The number of amides is 2. The Morgan fingerprint density at radius 2 is 1.69 bits per heavy atom. The number of furan rings is 1. The highest BCUT2D eigenvalue weighted by Crippen LogP contribution is 2.21. The zero-order valence-corrected chi connectivity index (χ0v) is 15.5. The minimum atomic E-state index is -0.579. The van der Waals surface area contributed by atoms with Gasteiger partial charge in [-0.2, -0.15) is 0 Å². The lowest BCUT2D eigenvalue weighted by Gasteiger charge is -2.08. The summed E-state index contributed by atoms with van der Waals surface area (Å²) >= 11 is 0. The molecule has 3 rings (SSSR count). The Morgan fingerprint density at radius 1 is 0.931 bits per heavy atom. The van der Waals surface area contributed by atoms with Crippen molar-refractivity contribution in [3.63, 3.8) is 0 Å². The van der Waals surface area contributed by atoms with Crippen molar-refractivity contribution in [2.45, 2.75) is 6.92 Å². The number of para-hydroxylation sites is 1. The Morgan fingerprint density at radius 3 is 2.41 bits per heavy atom. The van der Waals surface area contributed by atoms with Gasteiger partial charge in [0.25, 0.3) is 5.91 Å². The van der Waals surface area contributed by atoms with Crippen LogP contribution in [0, 0.1) is 6.92 Å². The standard InChI is InChI=1S/C22H18N2O5/c1-15-8-10-17(11-9-15)22(27)29-18-6-3-2-5-16(18)12-13-20(25)23-24-21(26)19-7-4-14-28-19/h2-14H,1H3,(H,23,25)(H,24,26)/b13-12+. The molecule has 0 aliphatic carbocycles. The number of carbonyl (C=O) groups excluding carboxylic acids is 3. The first-order valence-corrected chi connectivity index (χ1v) is 8.73. The second-order valence-electron chi connectivity index (χ2n) is 6.05. The summed E-state index contributed by atoms with van der Waals surface area (Å²) in [6.07, 6.45) is 4.04. The second-order valence-corrected chi connectivity index (χ2v) is 6.05. The third-order valence-electron chi connectivity index (χ3n) is 3.87. The van der Waals surface area contributed by atoms with Crippen LogP contribution in [0.4, 0.5) is 0 Å². The van der Waals surface area contributed by atoms with Crippen LogP contribution in [-0.4, -0.2) is 17.8 Å². The Bertz CT molecular complexity index is 1040. The highest BCUT2D eigenvalue weighted by Gasteiger charge is 2.11. The molecule has 29 heavy (non-hydrogen) atoms. The number of ether oxygens (including phenoxy) is 1. The summed E-state index contributed by atoms with van der Waals surface area (Å²) in [6.45, 7) is 1.93. The predicted molar refractivity (Wildman–Crippen MR) is 106 cm³/mol. The Hall–Kier alpha value is -4.13. The van der Waals surface area contributed by atoms with Gasteiger partial charge in [0, 0.05) is 11.6 Å². The molecule has 2 N–H and O–H groups in total. The zero-order valence-electron chi connectivity index (χ0n) is 15.5. The molecule has 0 unspecified atom stereocenters. The number of hydrogen-bond donors (Lipinski definition) is 2. The van der Waals surface area contributed by atoms with Gasteiger partial charge < -0.3 is 9.15 Å². The van der Waals surface area contributed by atoms with E-state index in [9.17, 15) is 14.4 Å². The summed E-state index contributed by atoms with van der Waals surface area (Å²) in [5.74, 6) is -1.26. The van der Waals surface area contributed by atoms with Crippen LogP contribution in [0.1, 0.15) is 32.0 Å². The molecule has 146 valence electrons. The first kappa shape index (κ1) is 19.6. The smallest absolute Gasteiger partial charge is 0.343 e. The third kappa shape index (κ3) is 5.43. The van der Waals surface area contributed by atoms with Crippen molar-refractivity contribution in [2.75, 3.05) is 0 Å². The molecule has 0 saturated heterocycles. The fourth-order valence-electron chi connectivity index (χ4n) is 2.35. The highest BCUT2D eigenvalue weighted by atomic mass is 16.5. The van der Waals surface area contributed by atoms with Gasteiger partial charge in [0.2, 0.25) is 0 Å². The average molecular weight is 390 g/mol. The van der Waals surface area contributed by atoms with Crippen molar-refractivity contribution >= 4 is 23.9 Å². The lowest BCUT2D eigenvalue weighted by Crippen LogP contribution is -2.40. The van der Waals surface area contributed by atoms with Gasteiger partial charge in [0.15, 0.2) is 5.76 Å². The summed E-state index contributed by atoms with van der Waals surface area (Å²) in [6, 6.07) is 16.8. The van der Waals surface area contributed by atoms with Crippen LogP contribution in [0.2, 0.25) is 0 Å². The number of rotatable bonds is 5. The second kappa shape index (κ2) is 9.18. The van der Waals surface area contributed by atoms with Gasteiger partial charge in [-0.25, -0.2) is 4.79 Å². The molecule has 7 nitrogen and oxygen atoms in total. The van der Waals surface area contributed by atoms with E-state index < -0.39 is 17.8 Å². The molecule has 1 aromatic heterocycles. The number of hydrazine groups is 1. The number of nitrogens with one attached hydrogen (secondary N) is 2. The molecule has 0 bridgehead atoms. The van der Waals surface area contributed by atoms with E-state index in [1.807, 2.05) is 19.1 Å². The summed E-state index contributed by atoms with van der Waals surface area (Å²) < 4.78 is 10.4. The van der Waals surface area contributed by atoms with E-state index in [1.165, 1.54) is 24.5 Å². The molecule has 0 aliphatic rings. The van der Waals surface area contributed by atoms with Crippen LogP contribution >= 0.6 is 0 Å². The summed E-state index contributed by atoms with van der Waals surface area (Å²) in [4.78, 5) is 36.0. The molecule has 0 atom stereocenters. The molecule has 0 fully saturated rings. The number of esters is 1. The monoisotopic (exact) mass is 390 g/mol. The Kier molecular flexibility index (Phi) is 6.22. The van der Waals surface area contributed by atoms with Crippen LogP contribution in [0.5, 0.6) is 5.75 Å². The Labute approximate surface area is 167 Å². The van der Waals surface area contributed by atoms with Crippen LogP contribution in [0.3, 0.4) is 0 Å². The van der Waals surface area contributed by atoms with E-state index in [-0.39, 0.29) is 5.76 Å². The van der Waals surface area contributed by atoms with E-state index in [0.717, 1.165) is 5.56 Å². The molecule has 0 aliphatic heterocycles. The van der Waals surface area contributed by atoms with Crippen molar-refractivity contribution in [1.82, 2.24) is 10.9 Å². The number of benzene rings is 2. The minimum Gasteiger partial charge on any atom is -0.459 e. The topological polar surface area (TPSA) is 97.6 Å². The number of hydrogen-bond acceptors (Lipinski definition) is 5.